The first-order valence-electron chi connectivity index (χ1n) is 6.83. The van der Waals surface area contributed by atoms with Crippen LogP contribution in [0, 0.1) is 11.6 Å². The van der Waals surface area contributed by atoms with Crippen LogP contribution in [0.1, 0.15) is 30.5 Å². The maximum atomic E-state index is 13.6. The van der Waals surface area contributed by atoms with Crippen molar-refractivity contribution in [2.24, 2.45) is 0 Å². The number of hydrogen-bond acceptors (Lipinski definition) is 3. The second-order valence-corrected chi connectivity index (χ2v) is 4.71. The Bertz CT molecular complexity index is 605. The molecule has 1 aromatic carbocycles. The minimum absolute atomic E-state index is 0.363. The average molecular weight is 292 g/mol. The monoisotopic (exact) mass is 292 g/mol. The van der Waals surface area contributed by atoms with Gasteiger partial charge in [-0.1, -0.05) is 6.92 Å². The highest BCUT2D eigenvalue weighted by atomic mass is 19.1. The molecule has 0 aliphatic heterocycles. The molecule has 3 nitrogen and oxygen atoms in total. The number of aromatic nitrogens is 1. The molecule has 5 heteroatoms. The fourth-order valence-corrected chi connectivity index (χ4v) is 2.21. The van der Waals surface area contributed by atoms with Crippen molar-refractivity contribution in [1.29, 1.82) is 0 Å². The lowest BCUT2D eigenvalue weighted by Gasteiger charge is -2.21. The molecule has 112 valence electrons. The van der Waals surface area contributed by atoms with Gasteiger partial charge in [0.15, 0.2) is 0 Å². The van der Waals surface area contributed by atoms with E-state index in [0.717, 1.165) is 12.6 Å². The van der Waals surface area contributed by atoms with Gasteiger partial charge < -0.3 is 10.1 Å². The van der Waals surface area contributed by atoms with Crippen LogP contribution in [-0.4, -0.2) is 18.6 Å². The van der Waals surface area contributed by atoms with E-state index in [0.29, 0.717) is 23.4 Å². The van der Waals surface area contributed by atoms with Crippen molar-refractivity contribution >= 4 is 0 Å². The van der Waals surface area contributed by atoms with Gasteiger partial charge in [-0.3, -0.25) is 4.98 Å². The Morgan fingerprint density at radius 2 is 2.00 bits per heavy atom. The summed E-state index contributed by atoms with van der Waals surface area (Å²) in [6, 6.07) is 5.32. The van der Waals surface area contributed by atoms with Gasteiger partial charge in [0.2, 0.25) is 0 Å². The smallest absolute Gasteiger partial charge is 0.141 e. The van der Waals surface area contributed by atoms with Gasteiger partial charge in [-0.2, -0.15) is 0 Å². The number of benzene rings is 1. The zero-order valence-electron chi connectivity index (χ0n) is 12.1. The number of pyridine rings is 1. The Balaban J connectivity index is 2.47. The second-order valence-electron chi connectivity index (χ2n) is 4.71. The summed E-state index contributed by atoms with van der Waals surface area (Å²) in [5.41, 5.74) is 1.26. The Morgan fingerprint density at radius 1 is 1.19 bits per heavy atom. The van der Waals surface area contributed by atoms with Crippen LogP contribution < -0.4 is 10.1 Å². The van der Waals surface area contributed by atoms with Crippen LogP contribution in [0.15, 0.2) is 36.7 Å². The zero-order chi connectivity index (χ0) is 15.2. The molecule has 0 saturated carbocycles. The van der Waals surface area contributed by atoms with Crippen LogP contribution in [0.3, 0.4) is 0 Å². The van der Waals surface area contributed by atoms with Crippen molar-refractivity contribution in [3.8, 4) is 5.75 Å². The molecule has 1 unspecified atom stereocenters. The van der Waals surface area contributed by atoms with E-state index in [4.69, 9.17) is 4.74 Å². The quantitative estimate of drug-likeness (QED) is 0.885. The molecule has 0 aliphatic carbocycles. The maximum Gasteiger partial charge on any atom is 0.141 e. The highest BCUT2D eigenvalue weighted by molar-refractivity contribution is 5.41. The van der Waals surface area contributed by atoms with Crippen molar-refractivity contribution in [3.63, 3.8) is 0 Å². The first kappa shape index (κ1) is 15.4. The zero-order valence-corrected chi connectivity index (χ0v) is 12.1. The van der Waals surface area contributed by atoms with Gasteiger partial charge >= 0.3 is 0 Å². The standard InChI is InChI=1S/C16H18F2N2O/c1-3-6-20-16(11-7-13(18)10-19-9-11)14-8-12(17)4-5-15(14)21-2/h4-5,7-10,16,20H,3,6H2,1-2H3. The third-order valence-corrected chi connectivity index (χ3v) is 3.16. The first-order chi connectivity index (χ1) is 10.2. The molecule has 0 bridgehead atoms. The number of hydrogen-bond donors (Lipinski definition) is 1. The topological polar surface area (TPSA) is 34.2 Å². The molecule has 1 atom stereocenters. The van der Waals surface area contributed by atoms with E-state index in [1.165, 1.54) is 25.3 Å². The molecule has 0 fully saturated rings. The van der Waals surface area contributed by atoms with Gasteiger partial charge in [0.25, 0.3) is 0 Å². The molecule has 0 aliphatic rings. The molecular formula is C16H18F2N2O. The van der Waals surface area contributed by atoms with Crippen LogP contribution in [-0.2, 0) is 0 Å². The summed E-state index contributed by atoms with van der Waals surface area (Å²) in [5, 5.41) is 3.28. The van der Waals surface area contributed by atoms with Gasteiger partial charge in [-0.05, 0) is 42.8 Å². The molecule has 0 amide bonds. The number of methoxy groups -OCH3 is 1. The summed E-state index contributed by atoms with van der Waals surface area (Å²) in [5.74, 6) is -0.237. The highest BCUT2D eigenvalue weighted by Gasteiger charge is 2.19. The van der Waals surface area contributed by atoms with E-state index in [9.17, 15) is 8.78 Å². The number of rotatable bonds is 6. The second kappa shape index (κ2) is 7.13. The van der Waals surface area contributed by atoms with E-state index in [1.54, 1.807) is 12.3 Å². The average Bonchev–Trinajstić information content (AvgIpc) is 2.48. The van der Waals surface area contributed by atoms with Crippen molar-refractivity contribution in [2.45, 2.75) is 19.4 Å². The summed E-state index contributed by atoms with van der Waals surface area (Å²) in [7, 11) is 1.53. The summed E-state index contributed by atoms with van der Waals surface area (Å²) in [4.78, 5) is 3.87. The Hall–Kier alpha value is -2.01. The van der Waals surface area contributed by atoms with Gasteiger partial charge in [-0.15, -0.1) is 0 Å². The molecule has 2 rings (SSSR count). The normalized spacial score (nSPS) is 12.2. The maximum absolute atomic E-state index is 13.6. The molecular weight excluding hydrogens is 274 g/mol. The summed E-state index contributed by atoms with van der Waals surface area (Å²) in [6.45, 7) is 2.73. The fourth-order valence-electron chi connectivity index (χ4n) is 2.21. The molecule has 0 saturated heterocycles. The molecule has 1 N–H and O–H groups in total. The summed E-state index contributed by atoms with van der Waals surface area (Å²) >= 11 is 0. The lowest BCUT2D eigenvalue weighted by Crippen LogP contribution is -2.24. The van der Waals surface area contributed by atoms with E-state index in [1.807, 2.05) is 6.92 Å². The first-order valence-corrected chi connectivity index (χ1v) is 6.83. The van der Waals surface area contributed by atoms with E-state index < -0.39 is 5.82 Å². The number of nitrogens with zero attached hydrogens (tertiary/aromatic N) is 1. The molecule has 1 aromatic heterocycles. The molecule has 0 radical (unpaired) electrons. The third-order valence-electron chi connectivity index (χ3n) is 3.16. The predicted molar refractivity (Wildman–Crippen MR) is 77.3 cm³/mol. The Morgan fingerprint density at radius 3 is 2.67 bits per heavy atom. The molecule has 2 aromatic rings. The predicted octanol–water partition coefficient (Wildman–Crippen LogP) is 3.46. The van der Waals surface area contributed by atoms with Crippen LogP contribution >= 0.6 is 0 Å². The fraction of sp³-hybridized carbons (Fsp3) is 0.312. The Kier molecular flexibility index (Phi) is 5.22. The molecule has 21 heavy (non-hydrogen) atoms. The third kappa shape index (κ3) is 3.76. The van der Waals surface area contributed by atoms with Gasteiger partial charge in [0.1, 0.15) is 17.4 Å². The van der Waals surface area contributed by atoms with Crippen molar-refractivity contribution in [3.05, 3.63) is 59.4 Å². The van der Waals surface area contributed by atoms with Crippen LogP contribution in [0.2, 0.25) is 0 Å². The van der Waals surface area contributed by atoms with Gasteiger partial charge in [0, 0.05) is 11.8 Å². The van der Waals surface area contributed by atoms with Crippen molar-refractivity contribution in [1.82, 2.24) is 10.3 Å². The van der Waals surface area contributed by atoms with E-state index in [2.05, 4.69) is 10.3 Å². The molecule has 0 spiro atoms. The molecule has 1 heterocycles. The number of ether oxygens (including phenoxy) is 1. The van der Waals surface area contributed by atoms with Gasteiger partial charge in [-0.25, -0.2) is 8.78 Å². The minimum atomic E-state index is -0.425. The van der Waals surface area contributed by atoms with Crippen LogP contribution in [0.5, 0.6) is 5.75 Å². The SMILES string of the molecule is CCCNC(c1cncc(F)c1)c1cc(F)ccc1OC. The minimum Gasteiger partial charge on any atom is -0.496 e. The van der Waals surface area contributed by atoms with Crippen molar-refractivity contribution < 1.29 is 13.5 Å². The van der Waals surface area contributed by atoms with Crippen LogP contribution in [0.4, 0.5) is 8.78 Å². The lowest BCUT2D eigenvalue weighted by molar-refractivity contribution is 0.402. The summed E-state index contributed by atoms with van der Waals surface area (Å²) in [6.07, 6.45) is 3.61. The number of halogens is 2. The lowest BCUT2D eigenvalue weighted by atomic mass is 9.98. The summed E-state index contributed by atoms with van der Waals surface area (Å²) < 4.78 is 32.3. The highest BCUT2D eigenvalue weighted by Crippen LogP contribution is 2.30. The van der Waals surface area contributed by atoms with Crippen molar-refractivity contribution in [2.75, 3.05) is 13.7 Å². The largest absolute Gasteiger partial charge is 0.496 e. The van der Waals surface area contributed by atoms with Gasteiger partial charge in [0.05, 0.1) is 19.3 Å². The van der Waals surface area contributed by atoms with E-state index in [-0.39, 0.29) is 11.9 Å². The number of nitrogens with one attached hydrogen (secondary N) is 1. The van der Waals surface area contributed by atoms with E-state index >= 15 is 0 Å². The van der Waals surface area contributed by atoms with Crippen LogP contribution in [0.25, 0.3) is 0 Å². The Labute approximate surface area is 123 Å².